The summed E-state index contributed by atoms with van der Waals surface area (Å²) >= 11 is 0. The molecule has 23 heavy (non-hydrogen) atoms. The summed E-state index contributed by atoms with van der Waals surface area (Å²) < 4.78 is 39.3. The highest BCUT2D eigenvalue weighted by Gasteiger charge is 2.44. The van der Waals surface area contributed by atoms with Crippen molar-refractivity contribution in [3.63, 3.8) is 0 Å². The van der Waals surface area contributed by atoms with Crippen molar-refractivity contribution in [1.82, 2.24) is 8.61 Å². The number of esters is 1. The van der Waals surface area contributed by atoms with Crippen LogP contribution in [-0.2, 0) is 24.5 Å². The molecule has 0 saturated carbocycles. The van der Waals surface area contributed by atoms with Gasteiger partial charge >= 0.3 is 5.97 Å². The highest BCUT2D eigenvalue weighted by Crippen LogP contribution is 2.27. The molecule has 0 aromatic heterocycles. The number of hydrogen-bond acceptors (Lipinski definition) is 5. The van der Waals surface area contributed by atoms with E-state index in [1.165, 1.54) is 8.61 Å². The summed E-state index contributed by atoms with van der Waals surface area (Å²) in [6.07, 6.45) is 2.72. The molecule has 0 aromatic rings. The van der Waals surface area contributed by atoms with Crippen LogP contribution in [0, 0.1) is 0 Å². The molecule has 134 valence electrons. The molecular formula is C15H28N2O5S. The van der Waals surface area contributed by atoms with Gasteiger partial charge in [0.2, 0.25) is 0 Å². The molecule has 0 N–H and O–H groups in total. The van der Waals surface area contributed by atoms with Crippen LogP contribution >= 0.6 is 0 Å². The van der Waals surface area contributed by atoms with Crippen molar-refractivity contribution in [1.29, 1.82) is 0 Å². The summed E-state index contributed by atoms with van der Waals surface area (Å²) in [6.45, 7) is 6.53. The van der Waals surface area contributed by atoms with Crippen LogP contribution in [0.5, 0.6) is 0 Å². The second-order valence-electron chi connectivity index (χ2n) is 7.17. The van der Waals surface area contributed by atoms with Crippen LogP contribution < -0.4 is 0 Å². The largest absolute Gasteiger partial charge is 0.459 e. The Hall–Kier alpha value is -0.700. The second kappa shape index (κ2) is 7.04. The zero-order valence-electron chi connectivity index (χ0n) is 14.4. The van der Waals surface area contributed by atoms with E-state index in [4.69, 9.17) is 9.47 Å². The number of methoxy groups -OCH3 is 1. The Kier molecular flexibility index (Phi) is 5.71. The van der Waals surface area contributed by atoms with Crippen LogP contribution in [0.2, 0.25) is 0 Å². The Morgan fingerprint density at radius 3 is 2.39 bits per heavy atom. The molecular weight excluding hydrogens is 320 g/mol. The van der Waals surface area contributed by atoms with Crippen molar-refractivity contribution in [3.05, 3.63) is 0 Å². The SMILES string of the molecule is COC1CCCN(S(=O)(=O)N2CCC[C@H]2C(=O)OC(C)(C)C)C1. The first-order valence-corrected chi connectivity index (χ1v) is 9.57. The van der Waals surface area contributed by atoms with E-state index in [-0.39, 0.29) is 6.10 Å². The smallest absolute Gasteiger partial charge is 0.325 e. The monoisotopic (exact) mass is 348 g/mol. The highest BCUT2D eigenvalue weighted by molar-refractivity contribution is 7.86. The number of piperidine rings is 1. The normalized spacial score (nSPS) is 28.0. The van der Waals surface area contributed by atoms with E-state index in [1.54, 1.807) is 27.9 Å². The molecule has 0 spiro atoms. The summed E-state index contributed by atoms with van der Waals surface area (Å²) in [5.41, 5.74) is -0.624. The lowest BCUT2D eigenvalue weighted by Gasteiger charge is -2.35. The lowest BCUT2D eigenvalue weighted by atomic mass is 10.1. The maximum Gasteiger partial charge on any atom is 0.325 e. The summed E-state index contributed by atoms with van der Waals surface area (Å²) in [5.74, 6) is -0.459. The fraction of sp³-hybridized carbons (Fsp3) is 0.933. The maximum atomic E-state index is 12.9. The molecule has 2 fully saturated rings. The molecule has 2 aliphatic rings. The van der Waals surface area contributed by atoms with Gasteiger partial charge in [0.1, 0.15) is 11.6 Å². The number of carbonyl (C=O) groups excluding carboxylic acids is 1. The molecule has 2 aliphatic heterocycles. The molecule has 8 heteroatoms. The van der Waals surface area contributed by atoms with E-state index in [0.717, 1.165) is 12.8 Å². The Balaban J connectivity index is 2.13. The fourth-order valence-corrected chi connectivity index (χ4v) is 4.96. The Morgan fingerprint density at radius 1 is 1.13 bits per heavy atom. The lowest BCUT2D eigenvalue weighted by molar-refractivity contribution is -0.158. The van der Waals surface area contributed by atoms with E-state index in [0.29, 0.717) is 32.5 Å². The lowest BCUT2D eigenvalue weighted by Crippen LogP contribution is -2.53. The van der Waals surface area contributed by atoms with Gasteiger partial charge < -0.3 is 9.47 Å². The molecule has 2 rings (SSSR count). The molecule has 0 bridgehead atoms. The van der Waals surface area contributed by atoms with Crippen molar-refractivity contribution in [2.24, 2.45) is 0 Å². The molecule has 2 heterocycles. The van der Waals surface area contributed by atoms with E-state index in [2.05, 4.69) is 0 Å². The van der Waals surface area contributed by atoms with E-state index >= 15 is 0 Å². The van der Waals surface area contributed by atoms with Gasteiger partial charge in [-0.15, -0.1) is 0 Å². The van der Waals surface area contributed by atoms with Crippen LogP contribution in [0.25, 0.3) is 0 Å². The molecule has 0 amide bonds. The first kappa shape index (κ1) is 18.6. The molecule has 0 aliphatic carbocycles. The average Bonchev–Trinajstić information content (AvgIpc) is 2.96. The molecule has 1 unspecified atom stereocenters. The van der Waals surface area contributed by atoms with Gasteiger partial charge in [0, 0.05) is 26.7 Å². The summed E-state index contributed by atoms with van der Waals surface area (Å²) in [6, 6.07) is -0.720. The third-order valence-corrected chi connectivity index (χ3v) is 6.19. The van der Waals surface area contributed by atoms with Gasteiger partial charge in [-0.2, -0.15) is 17.0 Å². The minimum absolute atomic E-state index is 0.0823. The van der Waals surface area contributed by atoms with E-state index in [1.807, 2.05) is 0 Å². The van der Waals surface area contributed by atoms with Gasteiger partial charge in [0.15, 0.2) is 0 Å². The minimum Gasteiger partial charge on any atom is -0.459 e. The van der Waals surface area contributed by atoms with Gasteiger partial charge in [-0.3, -0.25) is 4.79 Å². The van der Waals surface area contributed by atoms with Gasteiger partial charge in [-0.05, 0) is 46.5 Å². The summed E-state index contributed by atoms with van der Waals surface area (Å²) in [5, 5.41) is 0. The molecule has 2 atom stereocenters. The zero-order chi connectivity index (χ0) is 17.3. The Bertz CT molecular complexity index is 528. The number of hydrogen-bond donors (Lipinski definition) is 0. The second-order valence-corrected chi connectivity index (χ2v) is 9.05. The van der Waals surface area contributed by atoms with Gasteiger partial charge in [0.05, 0.1) is 6.10 Å². The molecule has 2 saturated heterocycles. The minimum atomic E-state index is -3.67. The Labute approximate surface area is 139 Å². The third-order valence-electron chi connectivity index (χ3n) is 4.18. The predicted octanol–water partition coefficient (Wildman–Crippen LogP) is 1.15. The summed E-state index contributed by atoms with van der Waals surface area (Å²) in [7, 11) is -2.07. The number of rotatable bonds is 4. The predicted molar refractivity (Wildman–Crippen MR) is 86.1 cm³/mol. The topological polar surface area (TPSA) is 76.2 Å². The van der Waals surface area contributed by atoms with Gasteiger partial charge in [-0.1, -0.05) is 0 Å². The van der Waals surface area contributed by atoms with Crippen LogP contribution in [0.15, 0.2) is 0 Å². The zero-order valence-corrected chi connectivity index (χ0v) is 15.3. The highest BCUT2D eigenvalue weighted by atomic mass is 32.2. The molecule has 7 nitrogen and oxygen atoms in total. The maximum absolute atomic E-state index is 12.9. The molecule has 0 radical (unpaired) electrons. The van der Waals surface area contributed by atoms with Crippen LogP contribution in [0.4, 0.5) is 0 Å². The van der Waals surface area contributed by atoms with Crippen LogP contribution in [0.3, 0.4) is 0 Å². The van der Waals surface area contributed by atoms with Crippen molar-refractivity contribution in [2.45, 2.75) is 64.2 Å². The first-order chi connectivity index (χ1) is 10.6. The number of nitrogens with zero attached hydrogens (tertiary/aromatic N) is 2. The standard InChI is InChI=1S/C15H28N2O5S/c1-15(2,3)22-14(18)13-8-6-10-17(13)23(19,20)16-9-5-7-12(11-16)21-4/h12-13H,5-11H2,1-4H3/t12?,13-/m0/s1. The third kappa shape index (κ3) is 4.43. The van der Waals surface area contributed by atoms with Crippen LogP contribution in [-0.4, -0.2) is 67.5 Å². The summed E-state index contributed by atoms with van der Waals surface area (Å²) in [4.78, 5) is 12.3. The van der Waals surface area contributed by atoms with Crippen molar-refractivity contribution >= 4 is 16.2 Å². The quantitative estimate of drug-likeness (QED) is 0.712. The average molecular weight is 348 g/mol. The Morgan fingerprint density at radius 2 is 1.78 bits per heavy atom. The van der Waals surface area contributed by atoms with Gasteiger partial charge in [0.25, 0.3) is 10.2 Å². The fourth-order valence-electron chi connectivity index (χ4n) is 3.08. The van der Waals surface area contributed by atoms with E-state index < -0.39 is 27.8 Å². The van der Waals surface area contributed by atoms with E-state index in [9.17, 15) is 13.2 Å². The van der Waals surface area contributed by atoms with Crippen molar-refractivity contribution in [3.8, 4) is 0 Å². The van der Waals surface area contributed by atoms with Crippen LogP contribution in [0.1, 0.15) is 46.5 Å². The van der Waals surface area contributed by atoms with Crippen molar-refractivity contribution < 1.29 is 22.7 Å². The number of ether oxygens (including phenoxy) is 2. The number of carbonyl (C=O) groups is 1. The van der Waals surface area contributed by atoms with Crippen molar-refractivity contribution in [2.75, 3.05) is 26.7 Å². The first-order valence-electron chi connectivity index (χ1n) is 8.18. The van der Waals surface area contributed by atoms with Gasteiger partial charge in [-0.25, -0.2) is 0 Å². The molecule has 0 aromatic carbocycles.